The van der Waals surface area contributed by atoms with E-state index in [-0.39, 0.29) is 12.4 Å². The largest absolute Gasteiger partial charge is 0.375 e. The van der Waals surface area contributed by atoms with Gasteiger partial charge in [0.05, 0.1) is 18.7 Å². The van der Waals surface area contributed by atoms with Crippen LogP contribution in [0.15, 0.2) is 12.1 Å². The first-order valence-corrected chi connectivity index (χ1v) is 6.76. The molecule has 4 rings (SSSR count). The van der Waals surface area contributed by atoms with Crippen LogP contribution in [0.5, 0.6) is 0 Å². The molecule has 0 spiro atoms. The van der Waals surface area contributed by atoms with E-state index < -0.39 is 0 Å². The molecule has 2 aliphatic rings. The number of nitrogens with one attached hydrogen (secondary N) is 1. The zero-order chi connectivity index (χ0) is 12.1. The average molecular weight is 279 g/mol. The van der Waals surface area contributed by atoms with Crippen molar-refractivity contribution in [1.29, 1.82) is 0 Å². The third kappa shape index (κ3) is 1.88. The lowest BCUT2D eigenvalue weighted by Crippen LogP contribution is -2.25. The first-order valence-electron chi connectivity index (χ1n) is 6.76. The molecule has 0 radical (unpaired) electrons. The molecule has 3 heterocycles. The van der Waals surface area contributed by atoms with E-state index in [4.69, 9.17) is 4.74 Å². The van der Waals surface area contributed by atoms with Crippen molar-refractivity contribution in [3.63, 3.8) is 0 Å². The van der Waals surface area contributed by atoms with Crippen LogP contribution >= 0.6 is 12.4 Å². The molecule has 0 saturated carbocycles. The fraction of sp³-hybridized carbons (Fsp3) is 0.467. The van der Waals surface area contributed by atoms with Crippen LogP contribution in [0.2, 0.25) is 0 Å². The molecule has 0 fully saturated rings. The molecule has 0 bridgehead atoms. The van der Waals surface area contributed by atoms with Crippen LogP contribution in [0.1, 0.15) is 22.4 Å². The zero-order valence-electron chi connectivity index (χ0n) is 11.2. The number of benzene rings is 1. The number of hydrogen-bond acceptors (Lipinski definition) is 2. The van der Waals surface area contributed by atoms with Crippen LogP contribution in [-0.2, 0) is 30.9 Å². The molecule has 1 aromatic carbocycles. The third-order valence-corrected chi connectivity index (χ3v) is 4.16. The van der Waals surface area contributed by atoms with E-state index in [1.54, 1.807) is 0 Å². The molecule has 1 N–H and O–H groups in total. The lowest BCUT2D eigenvalue weighted by molar-refractivity contribution is 0.119. The lowest BCUT2D eigenvalue weighted by Gasteiger charge is -2.16. The van der Waals surface area contributed by atoms with Crippen molar-refractivity contribution < 1.29 is 4.74 Å². The maximum absolute atomic E-state index is 5.74. The SMILES string of the molecule is Cc1cc2c3c(c1)c1c(n3CCOC2)CCNC1.Cl. The van der Waals surface area contributed by atoms with Gasteiger partial charge in [0.25, 0.3) is 0 Å². The molecule has 1 aromatic heterocycles. The number of nitrogens with zero attached hydrogens (tertiary/aromatic N) is 1. The Bertz CT molecular complexity index is 633. The molecule has 3 nitrogen and oxygen atoms in total. The minimum atomic E-state index is 0. The second-order valence-electron chi connectivity index (χ2n) is 5.38. The number of rotatable bonds is 0. The number of ether oxygens (including phenoxy) is 1. The number of fused-ring (bicyclic) bond motifs is 3. The van der Waals surface area contributed by atoms with Crippen molar-refractivity contribution in [3.8, 4) is 0 Å². The average Bonchev–Trinajstić information content (AvgIpc) is 2.55. The zero-order valence-corrected chi connectivity index (χ0v) is 12.0. The van der Waals surface area contributed by atoms with Gasteiger partial charge in [-0.1, -0.05) is 11.6 Å². The highest BCUT2D eigenvalue weighted by Gasteiger charge is 2.23. The van der Waals surface area contributed by atoms with E-state index in [1.807, 2.05) is 0 Å². The number of aryl methyl sites for hydroxylation is 1. The van der Waals surface area contributed by atoms with Gasteiger partial charge in [-0.05, 0) is 18.6 Å². The number of aromatic nitrogens is 1. The Morgan fingerprint density at radius 2 is 2.21 bits per heavy atom. The first-order chi connectivity index (χ1) is 8.84. The van der Waals surface area contributed by atoms with E-state index in [0.29, 0.717) is 0 Å². The Hall–Kier alpha value is -1.03. The Balaban J connectivity index is 0.00000110. The fourth-order valence-corrected chi connectivity index (χ4v) is 3.45. The smallest absolute Gasteiger partial charge is 0.0738 e. The van der Waals surface area contributed by atoms with Gasteiger partial charge in [0.1, 0.15) is 0 Å². The predicted molar refractivity (Wildman–Crippen MR) is 79.0 cm³/mol. The summed E-state index contributed by atoms with van der Waals surface area (Å²) < 4.78 is 8.24. The predicted octanol–water partition coefficient (Wildman–Crippen LogP) is 2.55. The number of halogens is 1. The summed E-state index contributed by atoms with van der Waals surface area (Å²) in [6, 6.07) is 4.62. The van der Waals surface area contributed by atoms with Crippen molar-refractivity contribution >= 4 is 23.3 Å². The number of hydrogen-bond donors (Lipinski definition) is 1. The summed E-state index contributed by atoms with van der Waals surface area (Å²) in [6.07, 6.45) is 1.14. The monoisotopic (exact) mass is 278 g/mol. The van der Waals surface area contributed by atoms with Crippen LogP contribution in [0, 0.1) is 6.92 Å². The van der Waals surface area contributed by atoms with Gasteiger partial charge in [-0.25, -0.2) is 0 Å². The fourth-order valence-electron chi connectivity index (χ4n) is 3.45. The van der Waals surface area contributed by atoms with Gasteiger partial charge in [-0.15, -0.1) is 12.4 Å². The third-order valence-electron chi connectivity index (χ3n) is 4.16. The summed E-state index contributed by atoms with van der Waals surface area (Å²) >= 11 is 0. The molecule has 0 aliphatic carbocycles. The van der Waals surface area contributed by atoms with Crippen molar-refractivity contribution in [2.75, 3.05) is 13.2 Å². The molecule has 102 valence electrons. The summed E-state index contributed by atoms with van der Waals surface area (Å²) in [5.74, 6) is 0. The maximum atomic E-state index is 5.74. The van der Waals surface area contributed by atoms with Crippen LogP contribution in [0.25, 0.3) is 10.9 Å². The minimum Gasteiger partial charge on any atom is -0.375 e. The Labute approximate surface area is 119 Å². The maximum Gasteiger partial charge on any atom is 0.0738 e. The van der Waals surface area contributed by atoms with Crippen LogP contribution in [0.4, 0.5) is 0 Å². The lowest BCUT2D eigenvalue weighted by atomic mass is 10.0. The van der Waals surface area contributed by atoms with Crippen LogP contribution in [0.3, 0.4) is 0 Å². The van der Waals surface area contributed by atoms with E-state index >= 15 is 0 Å². The highest BCUT2D eigenvalue weighted by Crippen LogP contribution is 2.33. The van der Waals surface area contributed by atoms with Gasteiger partial charge in [-0.2, -0.15) is 0 Å². The van der Waals surface area contributed by atoms with Crippen molar-refractivity contribution in [2.24, 2.45) is 0 Å². The topological polar surface area (TPSA) is 26.2 Å². The summed E-state index contributed by atoms with van der Waals surface area (Å²) in [4.78, 5) is 0. The van der Waals surface area contributed by atoms with E-state index in [9.17, 15) is 0 Å². The summed E-state index contributed by atoms with van der Waals surface area (Å²) in [7, 11) is 0. The van der Waals surface area contributed by atoms with Crippen LogP contribution < -0.4 is 5.32 Å². The molecular formula is C15H19ClN2O. The van der Waals surface area contributed by atoms with Crippen molar-refractivity contribution in [2.45, 2.75) is 33.0 Å². The minimum absolute atomic E-state index is 0. The molecule has 2 aliphatic heterocycles. The second kappa shape index (κ2) is 4.82. The highest BCUT2D eigenvalue weighted by molar-refractivity contribution is 5.89. The Morgan fingerprint density at radius 3 is 3.11 bits per heavy atom. The van der Waals surface area contributed by atoms with Gasteiger partial charge in [0.15, 0.2) is 0 Å². The van der Waals surface area contributed by atoms with Gasteiger partial charge >= 0.3 is 0 Å². The van der Waals surface area contributed by atoms with Gasteiger partial charge < -0.3 is 14.6 Å². The first kappa shape index (κ1) is 13.0. The summed E-state index contributed by atoms with van der Waals surface area (Å²) in [6.45, 7) is 6.88. The molecule has 0 atom stereocenters. The van der Waals surface area contributed by atoms with Crippen molar-refractivity contribution in [3.05, 3.63) is 34.5 Å². The molecule has 4 heteroatoms. The summed E-state index contributed by atoms with van der Waals surface area (Å²) in [5, 5.41) is 4.94. The molecule has 0 unspecified atom stereocenters. The molecule has 2 aromatic rings. The molecular weight excluding hydrogens is 260 g/mol. The molecule has 0 saturated heterocycles. The molecule has 0 amide bonds. The van der Waals surface area contributed by atoms with E-state index in [2.05, 4.69) is 28.9 Å². The molecule has 19 heavy (non-hydrogen) atoms. The normalized spacial score (nSPS) is 17.7. The second-order valence-corrected chi connectivity index (χ2v) is 5.38. The Morgan fingerprint density at radius 1 is 1.32 bits per heavy atom. The van der Waals surface area contributed by atoms with E-state index in [1.165, 1.54) is 33.3 Å². The van der Waals surface area contributed by atoms with Gasteiger partial charge in [0, 0.05) is 42.7 Å². The van der Waals surface area contributed by atoms with Crippen molar-refractivity contribution in [1.82, 2.24) is 9.88 Å². The van der Waals surface area contributed by atoms with E-state index in [0.717, 1.165) is 39.3 Å². The van der Waals surface area contributed by atoms with Gasteiger partial charge in [-0.3, -0.25) is 0 Å². The van der Waals surface area contributed by atoms with Crippen LogP contribution in [-0.4, -0.2) is 17.7 Å². The standard InChI is InChI=1S/C15H18N2O.ClH/c1-10-6-11-9-18-5-4-17-14-2-3-16-8-13(14)12(7-10)15(11)17;/h6-7,16H,2-5,8-9H2,1H3;1H. The quantitative estimate of drug-likeness (QED) is 0.802. The Kier molecular flexibility index (Phi) is 3.29. The summed E-state index contributed by atoms with van der Waals surface area (Å²) in [5.41, 5.74) is 7.17. The van der Waals surface area contributed by atoms with Gasteiger partial charge in [0.2, 0.25) is 0 Å². The highest BCUT2D eigenvalue weighted by atomic mass is 35.5.